The highest BCUT2D eigenvalue weighted by Gasteiger charge is 2.11. The maximum atomic E-state index is 5.41. The molecule has 0 aliphatic heterocycles. The first-order valence-electron chi connectivity index (χ1n) is 5.47. The third-order valence-corrected chi connectivity index (χ3v) is 2.21. The van der Waals surface area contributed by atoms with E-state index in [1.807, 2.05) is 6.92 Å². The van der Waals surface area contributed by atoms with Crippen LogP contribution in [0.5, 0.6) is 0 Å². The van der Waals surface area contributed by atoms with Crippen LogP contribution in [0.1, 0.15) is 33.6 Å². The largest absolute Gasteiger partial charge is 0.380 e. The highest BCUT2D eigenvalue weighted by atomic mass is 16.5. The molecule has 1 atom stereocenters. The molecule has 1 N–H and O–H groups in total. The lowest BCUT2D eigenvalue weighted by Crippen LogP contribution is -2.38. The number of ether oxygens (including phenoxy) is 1. The number of nitrogens with one attached hydrogen (secondary N) is 1. The van der Waals surface area contributed by atoms with Gasteiger partial charge in [0.2, 0.25) is 0 Å². The van der Waals surface area contributed by atoms with Gasteiger partial charge in [0.05, 0.1) is 6.61 Å². The topological polar surface area (TPSA) is 21.3 Å². The van der Waals surface area contributed by atoms with Crippen LogP contribution in [-0.4, -0.2) is 25.8 Å². The zero-order valence-electron chi connectivity index (χ0n) is 9.68. The molecule has 0 amide bonds. The standard InChI is InChI=1S/C12H23NO/c1-5-7-8-9-13-12(11(3)4)10-14-6-2/h1,11-13H,6-10H2,2-4H3. The van der Waals surface area contributed by atoms with E-state index in [1.54, 1.807) is 0 Å². The summed E-state index contributed by atoms with van der Waals surface area (Å²) in [6.07, 6.45) is 7.08. The van der Waals surface area contributed by atoms with Crippen molar-refractivity contribution in [2.45, 2.75) is 39.7 Å². The van der Waals surface area contributed by atoms with Crippen molar-refractivity contribution in [1.82, 2.24) is 5.32 Å². The lowest BCUT2D eigenvalue weighted by molar-refractivity contribution is 0.108. The smallest absolute Gasteiger partial charge is 0.0621 e. The van der Waals surface area contributed by atoms with Crippen LogP contribution in [0.3, 0.4) is 0 Å². The molecule has 0 radical (unpaired) electrons. The number of unbranched alkanes of at least 4 members (excludes halogenated alkanes) is 1. The first-order valence-corrected chi connectivity index (χ1v) is 5.47. The van der Waals surface area contributed by atoms with E-state index in [4.69, 9.17) is 11.2 Å². The Morgan fingerprint density at radius 3 is 2.64 bits per heavy atom. The van der Waals surface area contributed by atoms with Crippen LogP contribution in [0.2, 0.25) is 0 Å². The summed E-state index contributed by atoms with van der Waals surface area (Å²) in [6, 6.07) is 0.452. The fourth-order valence-corrected chi connectivity index (χ4v) is 1.21. The minimum atomic E-state index is 0.452. The molecular weight excluding hydrogens is 174 g/mol. The van der Waals surface area contributed by atoms with Gasteiger partial charge in [-0.05, 0) is 25.8 Å². The van der Waals surface area contributed by atoms with Crippen LogP contribution in [0.15, 0.2) is 0 Å². The van der Waals surface area contributed by atoms with Gasteiger partial charge in [0.15, 0.2) is 0 Å². The van der Waals surface area contributed by atoms with Crippen LogP contribution in [0.4, 0.5) is 0 Å². The lowest BCUT2D eigenvalue weighted by atomic mass is 10.1. The Kier molecular flexibility index (Phi) is 8.72. The van der Waals surface area contributed by atoms with E-state index in [0.717, 1.165) is 32.6 Å². The molecule has 0 aliphatic carbocycles. The van der Waals surface area contributed by atoms with Gasteiger partial charge in [-0.3, -0.25) is 0 Å². The second-order valence-corrected chi connectivity index (χ2v) is 3.77. The summed E-state index contributed by atoms with van der Waals surface area (Å²) in [6.45, 7) is 9.01. The van der Waals surface area contributed by atoms with E-state index in [9.17, 15) is 0 Å². The minimum absolute atomic E-state index is 0.452. The van der Waals surface area contributed by atoms with Crippen LogP contribution in [0, 0.1) is 18.3 Å². The summed E-state index contributed by atoms with van der Waals surface area (Å²) in [5.74, 6) is 3.25. The normalized spacial score (nSPS) is 12.8. The van der Waals surface area contributed by atoms with Crippen LogP contribution in [-0.2, 0) is 4.74 Å². The molecule has 0 rings (SSSR count). The van der Waals surface area contributed by atoms with Gasteiger partial charge < -0.3 is 10.1 Å². The van der Waals surface area contributed by atoms with Crippen molar-refractivity contribution in [3.05, 3.63) is 0 Å². The van der Waals surface area contributed by atoms with Gasteiger partial charge >= 0.3 is 0 Å². The van der Waals surface area contributed by atoms with Gasteiger partial charge in [-0.1, -0.05) is 13.8 Å². The molecule has 0 spiro atoms. The number of hydrogen-bond acceptors (Lipinski definition) is 2. The molecule has 0 fully saturated rings. The SMILES string of the molecule is C#CCCCNC(COCC)C(C)C. The second kappa shape index (κ2) is 9.05. The average molecular weight is 197 g/mol. The summed E-state index contributed by atoms with van der Waals surface area (Å²) in [4.78, 5) is 0. The summed E-state index contributed by atoms with van der Waals surface area (Å²) in [5.41, 5.74) is 0. The number of hydrogen-bond donors (Lipinski definition) is 1. The van der Waals surface area contributed by atoms with Gasteiger partial charge in [-0.2, -0.15) is 0 Å². The van der Waals surface area contributed by atoms with E-state index < -0.39 is 0 Å². The van der Waals surface area contributed by atoms with Crippen molar-refractivity contribution in [2.75, 3.05) is 19.8 Å². The first kappa shape index (κ1) is 13.5. The maximum absolute atomic E-state index is 5.41. The fraction of sp³-hybridized carbons (Fsp3) is 0.833. The summed E-state index contributed by atoms with van der Waals surface area (Å²) >= 11 is 0. The molecule has 0 aromatic rings. The Morgan fingerprint density at radius 2 is 2.14 bits per heavy atom. The molecule has 14 heavy (non-hydrogen) atoms. The quantitative estimate of drug-likeness (QED) is 0.475. The Balaban J connectivity index is 3.58. The van der Waals surface area contributed by atoms with E-state index >= 15 is 0 Å². The Labute approximate surface area is 88.4 Å². The molecule has 1 unspecified atom stereocenters. The molecule has 2 heteroatoms. The van der Waals surface area contributed by atoms with E-state index in [0.29, 0.717) is 12.0 Å². The molecule has 0 saturated carbocycles. The molecule has 0 aliphatic rings. The third kappa shape index (κ3) is 6.94. The lowest BCUT2D eigenvalue weighted by Gasteiger charge is -2.21. The second-order valence-electron chi connectivity index (χ2n) is 3.77. The highest BCUT2D eigenvalue weighted by molar-refractivity contribution is 4.83. The van der Waals surface area contributed by atoms with E-state index in [2.05, 4.69) is 25.1 Å². The van der Waals surface area contributed by atoms with E-state index in [-0.39, 0.29) is 0 Å². The molecule has 2 nitrogen and oxygen atoms in total. The predicted molar refractivity (Wildman–Crippen MR) is 61.2 cm³/mol. The number of terminal acetylenes is 1. The highest BCUT2D eigenvalue weighted by Crippen LogP contribution is 2.02. The molecule has 0 heterocycles. The van der Waals surface area contributed by atoms with Gasteiger partial charge in [0, 0.05) is 19.1 Å². The first-order chi connectivity index (χ1) is 6.72. The molecular formula is C12H23NO. The average Bonchev–Trinajstić information content (AvgIpc) is 2.16. The van der Waals surface area contributed by atoms with Crippen molar-refractivity contribution in [3.8, 4) is 12.3 Å². The molecule has 0 aromatic carbocycles. The molecule has 0 aromatic heterocycles. The maximum Gasteiger partial charge on any atom is 0.0621 e. The van der Waals surface area contributed by atoms with Crippen molar-refractivity contribution < 1.29 is 4.74 Å². The van der Waals surface area contributed by atoms with Gasteiger partial charge in [-0.25, -0.2) is 0 Å². The summed E-state index contributed by atoms with van der Waals surface area (Å²) in [7, 11) is 0. The Morgan fingerprint density at radius 1 is 1.43 bits per heavy atom. The van der Waals surface area contributed by atoms with Gasteiger partial charge in [0.25, 0.3) is 0 Å². The van der Waals surface area contributed by atoms with E-state index in [1.165, 1.54) is 0 Å². The zero-order chi connectivity index (χ0) is 10.8. The van der Waals surface area contributed by atoms with Crippen LogP contribution in [0.25, 0.3) is 0 Å². The van der Waals surface area contributed by atoms with Crippen LogP contribution < -0.4 is 5.32 Å². The van der Waals surface area contributed by atoms with Crippen molar-refractivity contribution in [2.24, 2.45) is 5.92 Å². The van der Waals surface area contributed by atoms with Gasteiger partial charge in [-0.15, -0.1) is 12.3 Å². The Hall–Kier alpha value is -0.520. The van der Waals surface area contributed by atoms with Gasteiger partial charge in [0.1, 0.15) is 0 Å². The summed E-state index contributed by atoms with van der Waals surface area (Å²) < 4.78 is 5.41. The monoisotopic (exact) mass is 197 g/mol. The zero-order valence-corrected chi connectivity index (χ0v) is 9.68. The molecule has 0 saturated heterocycles. The molecule has 0 bridgehead atoms. The van der Waals surface area contributed by atoms with Crippen molar-refractivity contribution in [3.63, 3.8) is 0 Å². The van der Waals surface area contributed by atoms with Crippen molar-refractivity contribution in [1.29, 1.82) is 0 Å². The Bertz CT molecular complexity index is 160. The summed E-state index contributed by atoms with van der Waals surface area (Å²) in [5, 5.41) is 3.47. The predicted octanol–water partition coefficient (Wildman–Crippen LogP) is 2.05. The van der Waals surface area contributed by atoms with Crippen LogP contribution >= 0.6 is 0 Å². The third-order valence-electron chi connectivity index (χ3n) is 2.21. The fourth-order valence-electron chi connectivity index (χ4n) is 1.21. The minimum Gasteiger partial charge on any atom is -0.380 e. The molecule has 82 valence electrons. The van der Waals surface area contributed by atoms with Crippen molar-refractivity contribution >= 4 is 0 Å². The number of rotatable bonds is 8.